The first-order valence-corrected chi connectivity index (χ1v) is 9.22. The van der Waals surface area contributed by atoms with Crippen molar-refractivity contribution in [1.82, 2.24) is 15.1 Å². The Morgan fingerprint density at radius 1 is 1.37 bits per heavy atom. The summed E-state index contributed by atoms with van der Waals surface area (Å²) >= 11 is 5.30. The van der Waals surface area contributed by atoms with Crippen molar-refractivity contribution < 1.29 is 33.4 Å². The lowest BCUT2D eigenvalue weighted by Gasteiger charge is -2.21. The first kappa shape index (κ1) is 21.2. The number of nitrogens with zero attached hydrogens (tertiary/aromatic N) is 4. The number of hydrogen-bond acceptors (Lipinski definition) is 8. The number of amides is 2. The molecule has 0 saturated carbocycles. The van der Waals surface area contributed by atoms with Crippen LogP contribution in [0.5, 0.6) is 5.95 Å². The van der Waals surface area contributed by atoms with Crippen molar-refractivity contribution in [2.45, 2.75) is 19.0 Å². The highest BCUT2D eigenvalue weighted by Gasteiger charge is 2.43. The minimum Gasteiger partial charge on any atom is -0.539 e. The van der Waals surface area contributed by atoms with E-state index in [1.165, 1.54) is 47.8 Å². The van der Waals surface area contributed by atoms with Crippen molar-refractivity contribution in [2.24, 2.45) is 7.05 Å². The maximum atomic E-state index is 12.6. The number of thiocarbonyl (C=S) groups is 1. The van der Waals surface area contributed by atoms with Crippen LogP contribution in [0.2, 0.25) is 0 Å². The number of benzene rings is 1. The molecule has 1 fully saturated rings. The van der Waals surface area contributed by atoms with Gasteiger partial charge >= 0.3 is 5.97 Å². The third-order valence-electron chi connectivity index (χ3n) is 4.69. The van der Waals surface area contributed by atoms with Crippen molar-refractivity contribution in [3.63, 3.8) is 0 Å². The standard InChI is InChI=1S/C18H19N5O6S/c1-21-15(25)12(23(18(21)30)9-13-17(27)29-20-22(13)2)8-14(24)19-11-6-4-10(5-7-11)16(26)28-3/h4-7,12H,8-9H2,1-3H3,(H-,19,20,24,26,27). The molecule has 2 heterocycles. The molecule has 3 rings (SSSR count). The normalized spacial score (nSPS) is 16.2. The van der Waals surface area contributed by atoms with E-state index < -0.39 is 23.9 Å². The number of aryl methyl sites for hydroxylation is 1. The van der Waals surface area contributed by atoms with Gasteiger partial charge in [0.2, 0.25) is 5.91 Å². The number of carbonyl (C=O) groups excluding carboxylic acids is 3. The zero-order chi connectivity index (χ0) is 22.0. The Labute approximate surface area is 176 Å². The van der Waals surface area contributed by atoms with Crippen LogP contribution in [0.1, 0.15) is 22.5 Å². The lowest BCUT2D eigenvalue weighted by Crippen LogP contribution is -2.42. The maximum Gasteiger partial charge on any atom is 0.337 e. The van der Waals surface area contributed by atoms with E-state index in [1.807, 2.05) is 0 Å². The molecule has 1 aromatic carbocycles. The Bertz CT molecular complexity index is 985. The predicted octanol–water partition coefficient (Wildman–Crippen LogP) is -0.684. The van der Waals surface area contributed by atoms with E-state index in [9.17, 15) is 19.5 Å². The third-order valence-corrected chi connectivity index (χ3v) is 5.19. The molecule has 0 radical (unpaired) electrons. The largest absolute Gasteiger partial charge is 0.539 e. The van der Waals surface area contributed by atoms with Crippen molar-refractivity contribution in [1.29, 1.82) is 0 Å². The van der Waals surface area contributed by atoms with Gasteiger partial charge in [-0.2, -0.15) is 0 Å². The summed E-state index contributed by atoms with van der Waals surface area (Å²) in [5, 5.41) is 18.2. The van der Waals surface area contributed by atoms with Gasteiger partial charge in [0.05, 0.1) is 24.4 Å². The van der Waals surface area contributed by atoms with E-state index in [0.29, 0.717) is 11.3 Å². The molecule has 11 nitrogen and oxygen atoms in total. The molecule has 30 heavy (non-hydrogen) atoms. The lowest BCUT2D eigenvalue weighted by molar-refractivity contribution is -0.746. The van der Waals surface area contributed by atoms with Gasteiger partial charge in [0, 0.05) is 12.7 Å². The number of hydrogen-bond donors (Lipinski definition) is 1. The second-order valence-corrected chi connectivity index (χ2v) is 6.94. The summed E-state index contributed by atoms with van der Waals surface area (Å²) in [6.07, 6.45) is -0.189. The number of aromatic nitrogens is 2. The molecule has 1 aliphatic rings. The summed E-state index contributed by atoms with van der Waals surface area (Å²) in [6.45, 7) is -0.0283. The van der Waals surface area contributed by atoms with E-state index in [-0.39, 0.29) is 29.7 Å². The van der Waals surface area contributed by atoms with Crippen LogP contribution < -0.4 is 15.1 Å². The van der Waals surface area contributed by atoms with E-state index in [4.69, 9.17) is 12.2 Å². The summed E-state index contributed by atoms with van der Waals surface area (Å²) in [5.74, 6) is -1.92. The first-order valence-electron chi connectivity index (χ1n) is 8.81. The van der Waals surface area contributed by atoms with E-state index >= 15 is 0 Å². The van der Waals surface area contributed by atoms with Gasteiger partial charge in [-0.05, 0) is 36.5 Å². The summed E-state index contributed by atoms with van der Waals surface area (Å²) < 4.78 is 10.5. The van der Waals surface area contributed by atoms with Crippen LogP contribution in [0.25, 0.3) is 0 Å². The summed E-state index contributed by atoms with van der Waals surface area (Å²) in [4.78, 5) is 39.4. The van der Waals surface area contributed by atoms with Gasteiger partial charge in [-0.15, -0.1) is 0 Å². The van der Waals surface area contributed by atoms with Gasteiger partial charge < -0.3 is 24.6 Å². The Morgan fingerprint density at radius 2 is 2.03 bits per heavy atom. The highest BCUT2D eigenvalue weighted by atomic mass is 32.1. The van der Waals surface area contributed by atoms with Gasteiger partial charge in [-0.3, -0.25) is 14.5 Å². The van der Waals surface area contributed by atoms with Crippen LogP contribution in [0.3, 0.4) is 0 Å². The summed E-state index contributed by atoms with van der Waals surface area (Å²) in [6, 6.07) is 5.25. The van der Waals surface area contributed by atoms with Crippen LogP contribution in [-0.4, -0.2) is 58.2 Å². The molecule has 0 aliphatic carbocycles. The number of nitrogens with one attached hydrogen (secondary N) is 1. The number of rotatable bonds is 6. The number of anilines is 1. The molecule has 0 spiro atoms. The quantitative estimate of drug-likeness (QED) is 0.357. The molecule has 12 heteroatoms. The molecule has 158 valence electrons. The van der Waals surface area contributed by atoms with Gasteiger partial charge in [-0.1, -0.05) is 4.68 Å². The summed E-state index contributed by atoms with van der Waals surface area (Å²) in [7, 11) is 4.32. The van der Waals surface area contributed by atoms with Gasteiger partial charge in [0.15, 0.2) is 18.1 Å². The fraction of sp³-hybridized carbons (Fsp3) is 0.333. The molecule has 1 atom stereocenters. The van der Waals surface area contributed by atoms with Crippen molar-refractivity contribution in [3.05, 3.63) is 35.5 Å². The highest BCUT2D eigenvalue weighted by Crippen LogP contribution is 2.23. The van der Waals surface area contributed by atoms with Crippen LogP contribution in [0, 0.1) is 0 Å². The van der Waals surface area contributed by atoms with Crippen molar-refractivity contribution >= 4 is 40.8 Å². The Morgan fingerprint density at radius 3 is 2.60 bits per heavy atom. The second-order valence-electron chi connectivity index (χ2n) is 6.58. The monoisotopic (exact) mass is 433 g/mol. The fourth-order valence-corrected chi connectivity index (χ4v) is 3.29. The Balaban J connectivity index is 1.72. The topological polar surface area (TPSA) is 132 Å². The lowest BCUT2D eigenvalue weighted by atomic mass is 10.1. The van der Waals surface area contributed by atoms with E-state index in [1.54, 1.807) is 12.1 Å². The predicted molar refractivity (Wildman–Crippen MR) is 103 cm³/mol. The average Bonchev–Trinajstić information content (AvgIpc) is 3.15. The maximum absolute atomic E-state index is 12.6. The molecular formula is C18H19N5O6S. The number of carbonyl (C=O) groups is 3. The second kappa shape index (κ2) is 8.45. The Hall–Kier alpha value is -3.54. The number of ether oxygens (including phenoxy) is 1. The molecule has 1 N–H and O–H groups in total. The van der Waals surface area contributed by atoms with Crippen LogP contribution in [0.15, 0.2) is 28.8 Å². The fourth-order valence-electron chi connectivity index (χ4n) is 3.01. The SMILES string of the molecule is COC(=O)c1ccc(NC(=O)CC2C(=O)N(C)C(=S)N2Cc2c([O-])on[n+]2C)cc1. The number of likely N-dealkylation sites (N-methyl/N-ethyl adjacent to an activating group) is 1. The smallest absolute Gasteiger partial charge is 0.337 e. The number of methoxy groups -OCH3 is 1. The van der Waals surface area contributed by atoms with Crippen LogP contribution in [-0.2, 0) is 27.9 Å². The van der Waals surface area contributed by atoms with Gasteiger partial charge in [0.25, 0.3) is 11.6 Å². The van der Waals surface area contributed by atoms with Crippen LogP contribution in [0.4, 0.5) is 5.69 Å². The zero-order valence-electron chi connectivity index (χ0n) is 16.4. The molecule has 1 aliphatic heterocycles. The van der Waals surface area contributed by atoms with Crippen molar-refractivity contribution in [3.8, 4) is 5.95 Å². The van der Waals surface area contributed by atoms with Crippen molar-refractivity contribution in [2.75, 3.05) is 19.5 Å². The third kappa shape index (κ3) is 4.08. The summed E-state index contributed by atoms with van der Waals surface area (Å²) in [5.41, 5.74) is 0.992. The van der Waals surface area contributed by atoms with E-state index in [0.717, 1.165) is 0 Å². The molecule has 1 saturated heterocycles. The Kier molecular flexibility index (Phi) is 5.96. The van der Waals surface area contributed by atoms with Gasteiger partial charge in [-0.25, -0.2) is 4.79 Å². The van der Waals surface area contributed by atoms with E-state index in [2.05, 4.69) is 19.8 Å². The minimum atomic E-state index is -0.883. The zero-order valence-corrected chi connectivity index (χ0v) is 17.3. The van der Waals surface area contributed by atoms with Crippen LogP contribution >= 0.6 is 12.2 Å². The van der Waals surface area contributed by atoms with Gasteiger partial charge in [0.1, 0.15) is 12.6 Å². The highest BCUT2D eigenvalue weighted by molar-refractivity contribution is 7.80. The number of esters is 1. The molecule has 2 aromatic rings. The first-order chi connectivity index (χ1) is 14.2. The molecule has 1 aromatic heterocycles. The molecule has 2 amide bonds. The molecular weight excluding hydrogens is 414 g/mol. The average molecular weight is 433 g/mol. The molecule has 1 unspecified atom stereocenters. The molecule has 0 bridgehead atoms. The minimum absolute atomic E-state index is 0.0283.